The first kappa shape index (κ1) is 43.7. The monoisotopic (exact) mass is 886 g/mol. The number of hydrogen-bond donors (Lipinski definition) is 4. The quantitative estimate of drug-likeness (QED) is 0.0969. The maximum Gasteiger partial charge on any atom is 0.407 e. The number of imidazole rings is 2. The maximum atomic E-state index is 13.9. The summed E-state index contributed by atoms with van der Waals surface area (Å²) in [6, 6.07) is 14.1. The van der Waals surface area contributed by atoms with Crippen LogP contribution in [0.2, 0.25) is 0 Å². The van der Waals surface area contributed by atoms with E-state index in [0.29, 0.717) is 19.5 Å². The van der Waals surface area contributed by atoms with Gasteiger partial charge in [-0.15, -0.1) is 11.3 Å². The number of hydrogen-bond acceptors (Lipinski definition) is 8. The highest BCUT2D eigenvalue weighted by atomic mass is 32.1. The molecule has 1 spiro atoms. The van der Waals surface area contributed by atoms with Crippen molar-refractivity contribution in [1.82, 2.24) is 40.4 Å². The molecule has 13 nitrogen and oxygen atoms in total. The van der Waals surface area contributed by atoms with Gasteiger partial charge in [0.2, 0.25) is 17.7 Å². The van der Waals surface area contributed by atoms with Crippen molar-refractivity contribution in [3.63, 3.8) is 0 Å². The Hall–Kier alpha value is -5.50. The summed E-state index contributed by atoms with van der Waals surface area (Å²) >= 11 is 1.77. The Morgan fingerprint density at radius 3 is 2.12 bits per heavy atom. The van der Waals surface area contributed by atoms with Crippen molar-refractivity contribution in [3.8, 4) is 32.1 Å². The highest BCUT2D eigenvalue weighted by molar-refractivity contribution is 7.18. The molecule has 3 fully saturated rings. The Balaban J connectivity index is 0.988. The van der Waals surface area contributed by atoms with Gasteiger partial charge in [0, 0.05) is 24.4 Å². The summed E-state index contributed by atoms with van der Waals surface area (Å²) in [5.41, 5.74) is 9.71. The molecule has 2 aromatic carbocycles. The number of amides is 4. The van der Waals surface area contributed by atoms with E-state index in [9.17, 15) is 19.2 Å². The number of aromatic amines is 2. The summed E-state index contributed by atoms with van der Waals surface area (Å²) in [4.78, 5) is 75.3. The number of nitrogens with one attached hydrogen (secondary N) is 4. The molecular weight excluding hydrogens is 825 g/mol. The van der Waals surface area contributed by atoms with Gasteiger partial charge in [0.25, 0.3) is 0 Å². The number of ether oxygens (including phenoxy) is 1. The number of rotatable bonds is 12. The van der Waals surface area contributed by atoms with Gasteiger partial charge in [0.15, 0.2) is 0 Å². The van der Waals surface area contributed by atoms with E-state index in [-0.39, 0.29) is 47.1 Å². The molecule has 0 unspecified atom stereocenters. The minimum absolute atomic E-state index is 0.0261. The first-order chi connectivity index (χ1) is 30.9. The van der Waals surface area contributed by atoms with Crippen LogP contribution in [-0.2, 0) is 31.0 Å². The standard InChI is InChI=1S/C50H62N8O5S/c1-7-41(59)55-43(28(2)3)47(60)58-25-10-14-38(58)46-52-34-18-15-30(26-35(34)53-46)31-16-17-32(33-12-8-21-50(42(31)33)22-11-23-50)39-19-20-40(64-39)36-27-51-45(54-36)37-13-9-24-57(37)48(61)44(29(4)5)56-49(62)63-6/h15-20,26-29,37-38,43-44H,7-14,21-25H2,1-6H3,(H,51,54)(H,52,53)(H,55,59)(H,56,62)/t37-,38-,43-,44-/m0/s1. The molecule has 2 aliphatic heterocycles. The van der Waals surface area contributed by atoms with Crippen LogP contribution in [0.25, 0.3) is 43.2 Å². The third kappa shape index (κ3) is 8.00. The Morgan fingerprint density at radius 1 is 0.812 bits per heavy atom. The molecule has 1 saturated carbocycles. The SMILES string of the molecule is CCC(=O)N[C@H](C(=O)N1CCC[C@H]1c1nc2ccc(-c3ccc(-c4ccc(-c5cnc([C@@H]6CCCN6C(=O)[C@@H](NC(=O)OC)C(C)C)[nH]5)s4)c4c3C3(CCC4)CCC3)cc2[nH]1)C(C)C. The van der Waals surface area contributed by atoms with Crippen molar-refractivity contribution in [2.24, 2.45) is 11.8 Å². The smallest absolute Gasteiger partial charge is 0.407 e. The molecule has 14 heteroatoms. The van der Waals surface area contributed by atoms with Crippen LogP contribution in [-0.4, -0.2) is 85.8 Å². The normalized spacial score (nSPS) is 20.1. The molecule has 4 aliphatic rings. The number of likely N-dealkylation sites (tertiary alicyclic amines) is 2. The molecule has 9 rings (SSSR count). The molecule has 338 valence electrons. The summed E-state index contributed by atoms with van der Waals surface area (Å²) in [5, 5.41) is 5.71. The second-order valence-electron chi connectivity index (χ2n) is 19.1. The minimum Gasteiger partial charge on any atom is -0.453 e. The molecule has 2 aliphatic carbocycles. The van der Waals surface area contributed by atoms with Crippen molar-refractivity contribution in [2.45, 2.75) is 135 Å². The third-order valence-corrected chi connectivity index (χ3v) is 15.6. The van der Waals surface area contributed by atoms with E-state index in [0.717, 1.165) is 65.4 Å². The summed E-state index contributed by atoms with van der Waals surface area (Å²) in [6.45, 7) is 10.9. The maximum absolute atomic E-state index is 13.9. The predicted molar refractivity (Wildman–Crippen MR) is 249 cm³/mol. The van der Waals surface area contributed by atoms with Gasteiger partial charge in [-0.1, -0.05) is 59.2 Å². The number of H-pyrrole nitrogens is 2. The summed E-state index contributed by atoms with van der Waals surface area (Å²) in [7, 11) is 1.31. The van der Waals surface area contributed by atoms with E-state index in [1.54, 1.807) is 11.3 Å². The van der Waals surface area contributed by atoms with Gasteiger partial charge in [0.1, 0.15) is 23.7 Å². The number of carbonyl (C=O) groups is 4. The van der Waals surface area contributed by atoms with E-state index in [1.807, 2.05) is 50.6 Å². The Morgan fingerprint density at radius 2 is 1.47 bits per heavy atom. The molecule has 4 atom stereocenters. The molecule has 0 bridgehead atoms. The zero-order valence-electron chi connectivity index (χ0n) is 38.0. The van der Waals surface area contributed by atoms with Crippen molar-refractivity contribution in [2.75, 3.05) is 20.2 Å². The lowest BCUT2D eigenvalue weighted by atomic mass is 9.56. The molecule has 64 heavy (non-hydrogen) atoms. The fourth-order valence-electron chi connectivity index (χ4n) is 10.9. The first-order valence-electron chi connectivity index (χ1n) is 23.5. The molecule has 2 saturated heterocycles. The van der Waals surface area contributed by atoms with Gasteiger partial charge in [-0.2, -0.15) is 0 Å². The number of thiophene rings is 1. The van der Waals surface area contributed by atoms with Gasteiger partial charge in [-0.25, -0.2) is 14.8 Å². The lowest BCUT2D eigenvalue weighted by Crippen LogP contribution is -2.51. The lowest BCUT2D eigenvalue weighted by Gasteiger charge is -2.48. The van der Waals surface area contributed by atoms with Crippen molar-refractivity contribution < 1.29 is 23.9 Å². The zero-order valence-corrected chi connectivity index (χ0v) is 38.8. The van der Waals surface area contributed by atoms with Crippen LogP contribution in [0.4, 0.5) is 4.79 Å². The average molecular weight is 887 g/mol. The fourth-order valence-corrected chi connectivity index (χ4v) is 11.9. The van der Waals surface area contributed by atoms with E-state index >= 15 is 0 Å². The predicted octanol–water partition coefficient (Wildman–Crippen LogP) is 9.36. The summed E-state index contributed by atoms with van der Waals surface area (Å²) in [5.74, 6) is 1.16. The topological polar surface area (TPSA) is 165 Å². The van der Waals surface area contributed by atoms with Gasteiger partial charge in [-0.3, -0.25) is 14.4 Å². The van der Waals surface area contributed by atoms with Crippen LogP contribution in [0.5, 0.6) is 0 Å². The van der Waals surface area contributed by atoms with Crippen LogP contribution < -0.4 is 10.6 Å². The number of carbonyl (C=O) groups excluding carboxylic acids is 4. The van der Waals surface area contributed by atoms with Gasteiger partial charge in [0.05, 0.1) is 47.0 Å². The molecule has 3 aromatic heterocycles. The second kappa shape index (κ2) is 17.8. The van der Waals surface area contributed by atoms with E-state index < -0.39 is 18.2 Å². The molecule has 4 amide bonds. The zero-order chi connectivity index (χ0) is 44.9. The number of aromatic nitrogens is 4. The van der Waals surface area contributed by atoms with E-state index in [4.69, 9.17) is 14.7 Å². The van der Waals surface area contributed by atoms with Crippen LogP contribution in [0.15, 0.2) is 48.7 Å². The molecule has 0 radical (unpaired) electrons. The number of methoxy groups -OCH3 is 1. The third-order valence-electron chi connectivity index (χ3n) is 14.4. The average Bonchev–Trinajstić information content (AvgIpc) is 4.14. The Kier molecular flexibility index (Phi) is 12.2. The van der Waals surface area contributed by atoms with E-state index in [1.165, 1.54) is 71.9 Å². The fraction of sp³-hybridized carbons (Fsp3) is 0.520. The Bertz CT molecular complexity index is 2570. The van der Waals surface area contributed by atoms with Gasteiger partial charge >= 0.3 is 6.09 Å². The number of nitrogens with zero attached hydrogens (tertiary/aromatic N) is 4. The van der Waals surface area contributed by atoms with Crippen molar-refractivity contribution >= 4 is 46.2 Å². The lowest BCUT2D eigenvalue weighted by molar-refractivity contribution is -0.138. The first-order valence-corrected chi connectivity index (χ1v) is 24.3. The van der Waals surface area contributed by atoms with Crippen molar-refractivity contribution in [1.29, 1.82) is 0 Å². The highest BCUT2D eigenvalue weighted by Gasteiger charge is 2.44. The number of alkyl carbamates (subject to hydrolysis) is 1. The summed E-state index contributed by atoms with van der Waals surface area (Å²) < 4.78 is 4.82. The van der Waals surface area contributed by atoms with Crippen LogP contribution in [0.1, 0.15) is 134 Å². The Labute approximate surface area is 379 Å². The van der Waals surface area contributed by atoms with Crippen molar-refractivity contribution in [3.05, 3.63) is 71.4 Å². The number of fused-ring (bicyclic) bond motifs is 3. The largest absolute Gasteiger partial charge is 0.453 e. The minimum atomic E-state index is -0.683. The second-order valence-corrected chi connectivity index (χ2v) is 20.2. The molecule has 4 N–H and O–H groups in total. The molecule has 5 heterocycles. The van der Waals surface area contributed by atoms with E-state index in [2.05, 4.69) is 63.1 Å². The van der Waals surface area contributed by atoms with Gasteiger partial charge in [-0.05, 0) is 127 Å². The summed E-state index contributed by atoms with van der Waals surface area (Å²) in [6.07, 6.45) is 12.1. The molecule has 5 aromatic rings. The highest BCUT2D eigenvalue weighted by Crippen LogP contribution is 2.56. The van der Waals surface area contributed by atoms with Crippen LogP contribution in [0.3, 0.4) is 0 Å². The van der Waals surface area contributed by atoms with Crippen LogP contribution in [0, 0.1) is 11.8 Å². The molecular formula is C50H62N8O5S. The van der Waals surface area contributed by atoms with Crippen LogP contribution >= 0.6 is 11.3 Å². The van der Waals surface area contributed by atoms with Gasteiger partial charge < -0.3 is 35.1 Å². The number of benzene rings is 2.